The fourth-order valence-corrected chi connectivity index (χ4v) is 1.34. The highest BCUT2D eigenvalue weighted by Gasteiger charge is 2.10. The summed E-state index contributed by atoms with van der Waals surface area (Å²) in [5.41, 5.74) is 0.00974. The fourth-order valence-electron chi connectivity index (χ4n) is 1.34. The van der Waals surface area contributed by atoms with E-state index in [-0.39, 0.29) is 5.54 Å². The number of hydrogen-bond acceptors (Lipinski definition) is 3. The second kappa shape index (κ2) is 11.1. The smallest absolute Gasteiger partial charge is 0.191 e. The van der Waals surface area contributed by atoms with Crippen molar-refractivity contribution in [1.82, 2.24) is 10.6 Å². The van der Waals surface area contributed by atoms with Gasteiger partial charge in [-0.05, 0) is 27.2 Å². The summed E-state index contributed by atoms with van der Waals surface area (Å²) in [6, 6.07) is 0. The predicted octanol–water partition coefficient (Wildman–Crippen LogP) is 1.78. The molecule has 0 amide bonds. The first-order chi connectivity index (χ1) is 8.99. The highest BCUT2D eigenvalue weighted by molar-refractivity contribution is 5.80. The van der Waals surface area contributed by atoms with Crippen molar-refractivity contribution < 1.29 is 9.47 Å². The SMILES string of the molecule is CCCCOCCOCCNC(=NC)NC(C)(C)C. The number of guanidine groups is 1. The molecule has 0 unspecified atom stereocenters. The van der Waals surface area contributed by atoms with Gasteiger partial charge in [0.15, 0.2) is 5.96 Å². The van der Waals surface area contributed by atoms with Gasteiger partial charge in [0.25, 0.3) is 0 Å². The number of aliphatic imine (C=N–C) groups is 1. The van der Waals surface area contributed by atoms with Crippen LogP contribution in [0.2, 0.25) is 0 Å². The molecule has 0 aromatic heterocycles. The molecule has 5 nitrogen and oxygen atoms in total. The molecular weight excluding hydrogens is 242 g/mol. The molecular formula is C14H31N3O2. The van der Waals surface area contributed by atoms with E-state index in [2.05, 4.69) is 43.3 Å². The lowest BCUT2D eigenvalue weighted by atomic mass is 10.1. The van der Waals surface area contributed by atoms with Crippen LogP contribution in [-0.4, -0.2) is 51.5 Å². The summed E-state index contributed by atoms with van der Waals surface area (Å²) in [4.78, 5) is 4.16. The Kier molecular flexibility index (Phi) is 10.6. The van der Waals surface area contributed by atoms with E-state index < -0.39 is 0 Å². The highest BCUT2D eigenvalue weighted by Crippen LogP contribution is 1.97. The molecule has 0 fully saturated rings. The Bertz CT molecular complexity index is 237. The first-order valence-corrected chi connectivity index (χ1v) is 7.14. The maximum atomic E-state index is 5.47. The van der Waals surface area contributed by atoms with Gasteiger partial charge in [-0.3, -0.25) is 4.99 Å². The van der Waals surface area contributed by atoms with Gasteiger partial charge in [-0.2, -0.15) is 0 Å². The monoisotopic (exact) mass is 273 g/mol. The van der Waals surface area contributed by atoms with Gasteiger partial charge in [-0.25, -0.2) is 0 Å². The highest BCUT2D eigenvalue weighted by atomic mass is 16.5. The van der Waals surface area contributed by atoms with E-state index in [1.165, 1.54) is 6.42 Å². The molecule has 0 aliphatic heterocycles. The summed E-state index contributed by atoms with van der Waals surface area (Å²) in [5, 5.41) is 6.50. The molecule has 0 atom stereocenters. The minimum Gasteiger partial charge on any atom is -0.379 e. The van der Waals surface area contributed by atoms with Crippen LogP contribution in [0.25, 0.3) is 0 Å². The summed E-state index contributed by atoms with van der Waals surface area (Å²) in [5.74, 6) is 0.801. The van der Waals surface area contributed by atoms with Gasteiger partial charge in [0.1, 0.15) is 0 Å². The number of nitrogens with one attached hydrogen (secondary N) is 2. The molecule has 114 valence electrons. The normalized spacial score (nSPS) is 12.6. The maximum Gasteiger partial charge on any atom is 0.191 e. The van der Waals surface area contributed by atoms with Crippen LogP contribution in [-0.2, 0) is 9.47 Å². The van der Waals surface area contributed by atoms with E-state index in [9.17, 15) is 0 Å². The molecule has 0 spiro atoms. The lowest BCUT2D eigenvalue weighted by Crippen LogP contribution is -2.48. The fraction of sp³-hybridized carbons (Fsp3) is 0.929. The van der Waals surface area contributed by atoms with Crippen molar-refractivity contribution >= 4 is 5.96 Å². The third kappa shape index (κ3) is 13.4. The van der Waals surface area contributed by atoms with Crippen LogP contribution in [0.5, 0.6) is 0 Å². The van der Waals surface area contributed by atoms with Crippen LogP contribution in [0.1, 0.15) is 40.5 Å². The zero-order chi connectivity index (χ0) is 14.6. The van der Waals surface area contributed by atoms with Crippen LogP contribution in [0.15, 0.2) is 4.99 Å². The Morgan fingerprint density at radius 3 is 2.21 bits per heavy atom. The molecule has 5 heteroatoms. The summed E-state index contributed by atoms with van der Waals surface area (Å²) >= 11 is 0. The molecule has 0 radical (unpaired) electrons. The lowest BCUT2D eigenvalue weighted by Gasteiger charge is -2.23. The second-order valence-corrected chi connectivity index (χ2v) is 5.45. The molecule has 0 aromatic carbocycles. The predicted molar refractivity (Wildman–Crippen MR) is 80.8 cm³/mol. The Labute approximate surface area is 118 Å². The minimum atomic E-state index is 0.00974. The average molecular weight is 273 g/mol. The third-order valence-electron chi connectivity index (χ3n) is 2.27. The van der Waals surface area contributed by atoms with Gasteiger partial charge in [-0.1, -0.05) is 13.3 Å². The van der Waals surface area contributed by atoms with E-state index in [1.807, 2.05) is 0 Å². The minimum absolute atomic E-state index is 0.00974. The quantitative estimate of drug-likeness (QED) is 0.382. The largest absolute Gasteiger partial charge is 0.379 e. The molecule has 2 N–H and O–H groups in total. The van der Waals surface area contributed by atoms with E-state index in [1.54, 1.807) is 7.05 Å². The summed E-state index contributed by atoms with van der Waals surface area (Å²) < 4.78 is 10.9. The van der Waals surface area contributed by atoms with Gasteiger partial charge in [0.05, 0.1) is 19.8 Å². The van der Waals surface area contributed by atoms with Crippen molar-refractivity contribution in [2.45, 2.75) is 46.1 Å². The van der Waals surface area contributed by atoms with Crippen LogP contribution < -0.4 is 10.6 Å². The molecule has 0 aromatic rings. The maximum absolute atomic E-state index is 5.47. The van der Waals surface area contributed by atoms with Gasteiger partial charge in [0.2, 0.25) is 0 Å². The van der Waals surface area contributed by atoms with Gasteiger partial charge < -0.3 is 20.1 Å². The number of hydrogen-bond donors (Lipinski definition) is 2. The molecule has 0 saturated carbocycles. The summed E-state index contributed by atoms with van der Waals surface area (Å²) in [7, 11) is 1.77. The number of nitrogens with zero attached hydrogens (tertiary/aromatic N) is 1. The molecule has 0 bridgehead atoms. The van der Waals surface area contributed by atoms with Crippen LogP contribution in [0.3, 0.4) is 0 Å². The third-order valence-corrected chi connectivity index (χ3v) is 2.27. The molecule has 0 rings (SSSR count). The zero-order valence-electron chi connectivity index (χ0n) is 13.2. The van der Waals surface area contributed by atoms with Gasteiger partial charge in [-0.15, -0.1) is 0 Å². The first-order valence-electron chi connectivity index (χ1n) is 7.14. The Morgan fingerprint density at radius 1 is 1.05 bits per heavy atom. The Balaban J connectivity index is 3.42. The van der Waals surface area contributed by atoms with Crippen LogP contribution >= 0.6 is 0 Å². The molecule has 0 heterocycles. The van der Waals surface area contributed by atoms with Crippen molar-refractivity contribution in [1.29, 1.82) is 0 Å². The molecule has 0 aliphatic carbocycles. The van der Waals surface area contributed by atoms with Crippen molar-refractivity contribution in [3.05, 3.63) is 0 Å². The number of ether oxygens (including phenoxy) is 2. The van der Waals surface area contributed by atoms with E-state index in [0.29, 0.717) is 19.8 Å². The van der Waals surface area contributed by atoms with E-state index in [0.717, 1.165) is 25.5 Å². The van der Waals surface area contributed by atoms with E-state index >= 15 is 0 Å². The lowest BCUT2D eigenvalue weighted by molar-refractivity contribution is 0.0487. The van der Waals surface area contributed by atoms with Crippen LogP contribution in [0.4, 0.5) is 0 Å². The molecule has 19 heavy (non-hydrogen) atoms. The summed E-state index contributed by atoms with van der Waals surface area (Å²) in [6.45, 7) is 12.0. The van der Waals surface area contributed by atoms with Crippen molar-refractivity contribution in [2.75, 3.05) is 40.0 Å². The topological polar surface area (TPSA) is 54.9 Å². The van der Waals surface area contributed by atoms with Crippen molar-refractivity contribution in [3.63, 3.8) is 0 Å². The van der Waals surface area contributed by atoms with Crippen LogP contribution in [0, 0.1) is 0 Å². The van der Waals surface area contributed by atoms with Crippen molar-refractivity contribution in [3.8, 4) is 0 Å². The average Bonchev–Trinajstić information content (AvgIpc) is 2.34. The standard InChI is InChI=1S/C14H31N3O2/c1-6-7-9-18-11-12-19-10-8-16-13(15-5)17-14(2,3)4/h6-12H2,1-5H3,(H2,15,16,17). The summed E-state index contributed by atoms with van der Waals surface area (Å²) in [6.07, 6.45) is 2.29. The molecule has 0 aliphatic rings. The second-order valence-electron chi connectivity index (χ2n) is 5.45. The van der Waals surface area contributed by atoms with Crippen molar-refractivity contribution in [2.24, 2.45) is 4.99 Å². The zero-order valence-corrected chi connectivity index (χ0v) is 13.2. The van der Waals surface area contributed by atoms with E-state index in [4.69, 9.17) is 9.47 Å². The Hall–Kier alpha value is -0.810. The van der Waals surface area contributed by atoms with Gasteiger partial charge in [0, 0.05) is 25.7 Å². The Morgan fingerprint density at radius 2 is 1.68 bits per heavy atom. The first kappa shape index (κ1) is 18.2. The number of unbranched alkanes of at least 4 members (excludes halogenated alkanes) is 1. The van der Waals surface area contributed by atoms with Gasteiger partial charge >= 0.3 is 0 Å². The molecule has 0 saturated heterocycles. The number of rotatable bonds is 9.